The molecule has 0 aliphatic heterocycles. The van der Waals surface area contributed by atoms with Crippen LogP contribution in [0.1, 0.15) is 21.6 Å². The van der Waals surface area contributed by atoms with Crippen LogP contribution >= 0.6 is 11.3 Å². The van der Waals surface area contributed by atoms with Crippen molar-refractivity contribution in [3.63, 3.8) is 0 Å². The Morgan fingerprint density at radius 3 is 2.77 bits per heavy atom. The van der Waals surface area contributed by atoms with E-state index < -0.39 is 5.97 Å². The lowest BCUT2D eigenvalue weighted by Gasteiger charge is -2.05. The molecule has 0 aliphatic carbocycles. The molecule has 3 aromatic rings. The van der Waals surface area contributed by atoms with Crippen molar-refractivity contribution in [2.24, 2.45) is 5.73 Å². The monoisotopic (exact) mass is 312 g/mol. The van der Waals surface area contributed by atoms with Gasteiger partial charge in [0.05, 0.1) is 15.8 Å². The highest BCUT2D eigenvalue weighted by Gasteiger charge is 2.18. The van der Waals surface area contributed by atoms with Crippen molar-refractivity contribution in [3.05, 3.63) is 58.9 Å². The molecule has 3 N–H and O–H groups in total. The molecule has 0 bridgehead atoms. The van der Waals surface area contributed by atoms with Crippen molar-refractivity contribution in [1.82, 2.24) is 9.97 Å². The number of nitrogens with two attached hydrogens (primary N) is 1. The van der Waals surface area contributed by atoms with Gasteiger partial charge in [-0.2, -0.15) is 0 Å². The average Bonchev–Trinajstić information content (AvgIpc) is 2.97. The maximum atomic E-state index is 12.2. The number of rotatable bonds is 4. The van der Waals surface area contributed by atoms with Crippen LogP contribution in [0.3, 0.4) is 0 Å². The van der Waals surface area contributed by atoms with Crippen LogP contribution in [-0.4, -0.2) is 21.8 Å². The van der Waals surface area contributed by atoms with Crippen molar-refractivity contribution in [3.8, 4) is 0 Å². The van der Waals surface area contributed by atoms with E-state index in [-0.39, 0.29) is 18.1 Å². The molecule has 22 heavy (non-hydrogen) atoms. The van der Waals surface area contributed by atoms with E-state index in [4.69, 9.17) is 15.9 Å². The van der Waals surface area contributed by atoms with Crippen LogP contribution in [-0.2, 0) is 11.3 Å². The van der Waals surface area contributed by atoms with Crippen LogP contribution < -0.4 is 5.73 Å². The van der Waals surface area contributed by atoms with Gasteiger partial charge in [-0.25, -0.2) is 14.8 Å². The van der Waals surface area contributed by atoms with E-state index >= 15 is 0 Å². The van der Waals surface area contributed by atoms with Crippen molar-refractivity contribution >= 4 is 33.4 Å². The van der Waals surface area contributed by atoms with E-state index in [0.29, 0.717) is 15.8 Å². The predicted octanol–water partition coefficient (Wildman–Crippen LogP) is 2.33. The fourth-order valence-corrected chi connectivity index (χ4v) is 2.98. The molecule has 1 aromatic carbocycles. The number of carbonyl (C=O) groups excluding carboxylic acids is 1. The smallest absolute Gasteiger partial charge is 0.358 e. The fraction of sp³-hybridized carbons (Fsp3) is 0.0667. The summed E-state index contributed by atoms with van der Waals surface area (Å²) >= 11 is 1.27. The van der Waals surface area contributed by atoms with E-state index in [9.17, 15) is 4.79 Å². The van der Waals surface area contributed by atoms with Gasteiger partial charge in [0.2, 0.25) is 0 Å². The standard InChI is InChI=1S/C15H12N4O2S/c16-14(17)10-7-22-13-11(10)18-8-19-12(13)15(20)21-6-9-4-2-1-3-5-9/h1-5,7-8H,6H2,(H3,16,17). The normalized spacial score (nSPS) is 10.5. The first-order valence-electron chi connectivity index (χ1n) is 6.44. The van der Waals surface area contributed by atoms with Gasteiger partial charge in [-0.15, -0.1) is 11.3 Å². The number of aromatic nitrogens is 2. The number of nitrogens with zero attached hydrogens (tertiary/aromatic N) is 2. The molecular weight excluding hydrogens is 300 g/mol. The van der Waals surface area contributed by atoms with Gasteiger partial charge in [-0.1, -0.05) is 30.3 Å². The number of hydrogen-bond donors (Lipinski definition) is 2. The first kappa shape index (κ1) is 14.2. The van der Waals surface area contributed by atoms with E-state index in [1.807, 2.05) is 30.3 Å². The highest BCUT2D eigenvalue weighted by molar-refractivity contribution is 7.17. The summed E-state index contributed by atoms with van der Waals surface area (Å²) in [6, 6.07) is 9.41. The van der Waals surface area contributed by atoms with E-state index in [0.717, 1.165) is 5.56 Å². The second kappa shape index (κ2) is 5.90. The number of thiophene rings is 1. The molecule has 0 saturated heterocycles. The summed E-state index contributed by atoms with van der Waals surface area (Å²) in [6.07, 6.45) is 1.28. The van der Waals surface area contributed by atoms with Crippen LogP contribution in [0, 0.1) is 5.41 Å². The summed E-state index contributed by atoms with van der Waals surface area (Å²) in [5, 5.41) is 9.20. The first-order chi connectivity index (χ1) is 10.7. The third-order valence-electron chi connectivity index (χ3n) is 3.05. The predicted molar refractivity (Wildman–Crippen MR) is 84.0 cm³/mol. The molecule has 7 heteroatoms. The number of ether oxygens (including phenoxy) is 1. The second-order valence-electron chi connectivity index (χ2n) is 4.52. The maximum absolute atomic E-state index is 12.2. The minimum absolute atomic E-state index is 0.0893. The van der Waals surface area contributed by atoms with E-state index in [2.05, 4.69) is 9.97 Å². The number of nitrogen functional groups attached to an aromatic ring is 1. The molecule has 0 saturated carbocycles. The van der Waals surface area contributed by atoms with Crippen molar-refractivity contribution in [1.29, 1.82) is 5.41 Å². The van der Waals surface area contributed by atoms with Crippen LogP contribution in [0.2, 0.25) is 0 Å². The second-order valence-corrected chi connectivity index (χ2v) is 5.40. The first-order valence-corrected chi connectivity index (χ1v) is 7.32. The quantitative estimate of drug-likeness (QED) is 0.437. The van der Waals surface area contributed by atoms with Crippen molar-refractivity contribution in [2.45, 2.75) is 6.61 Å². The molecule has 6 nitrogen and oxygen atoms in total. The topological polar surface area (TPSA) is 102 Å². The maximum Gasteiger partial charge on any atom is 0.358 e. The van der Waals surface area contributed by atoms with Crippen molar-refractivity contribution < 1.29 is 9.53 Å². The van der Waals surface area contributed by atoms with Gasteiger partial charge in [0.1, 0.15) is 18.8 Å². The van der Waals surface area contributed by atoms with Gasteiger partial charge in [0, 0.05) is 5.38 Å². The molecule has 0 unspecified atom stereocenters. The molecular formula is C15H12N4O2S. The Hall–Kier alpha value is -2.80. The lowest BCUT2D eigenvalue weighted by atomic mass is 10.2. The molecule has 0 amide bonds. The summed E-state index contributed by atoms with van der Waals surface area (Å²) in [6.45, 7) is 0.177. The third kappa shape index (κ3) is 2.66. The summed E-state index contributed by atoms with van der Waals surface area (Å²) < 4.78 is 5.86. The molecule has 2 heterocycles. The van der Waals surface area contributed by atoms with Gasteiger partial charge >= 0.3 is 5.97 Å². The Bertz CT molecular complexity index is 845. The Labute approximate surface area is 130 Å². The molecule has 0 fully saturated rings. The van der Waals surface area contributed by atoms with Gasteiger partial charge in [-0.3, -0.25) is 5.41 Å². The molecule has 0 atom stereocenters. The molecule has 0 spiro atoms. The average molecular weight is 312 g/mol. The van der Waals surface area contributed by atoms with Crippen LogP contribution in [0.15, 0.2) is 42.0 Å². The largest absolute Gasteiger partial charge is 0.456 e. The number of benzene rings is 1. The van der Waals surface area contributed by atoms with Gasteiger partial charge < -0.3 is 10.5 Å². The van der Waals surface area contributed by atoms with Gasteiger partial charge in [-0.05, 0) is 5.56 Å². The summed E-state index contributed by atoms with van der Waals surface area (Å²) in [5.41, 5.74) is 7.59. The highest BCUT2D eigenvalue weighted by Crippen LogP contribution is 2.26. The molecule has 0 radical (unpaired) electrons. The Balaban J connectivity index is 1.86. The minimum atomic E-state index is -0.520. The Morgan fingerprint density at radius 2 is 2.05 bits per heavy atom. The van der Waals surface area contributed by atoms with Crippen molar-refractivity contribution in [2.75, 3.05) is 0 Å². The third-order valence-corrected chi connectivity index (χ3v) is 4.03. The molecule has 0 aliphatic rings. The Morgan fingerprint density at radius 1 is 1.27 bits per heavy atom. The zero-order chi connectivity index (χ0) is 15.5. The molecule has 3 rings (SSSR count). The van der Waals surface area contributed by atoms with Crippen LogP contribution in [0.4, 0.5) is 0 Å². The number of hydrogen-bond acceptors (Lipinski definition) is 6. The molecule has 110 valence electrons. The lowest BCUT2D eigenvalue weighted by Crippen LogP contribution is -2.11. The SMILES string of the molecule is N=C(N)c1csc2c(C(=O)OCc3ccccc3)ncnc12. The van der Waals surface area contributed by atoms with Crippen LogP contribution in [0.25, 0.3) is 10.2 Å². The van der Waals surface area contributed by atoms with E-state index in [1.165, 1.54) is 17.7 Å². The minimum Gasteiger partial charge on any atom is -0.456 e. The molecule has 2 aromatic heterocycles. The number of nitrogens with one attached hydrogen (secondary N) is 1. The van der Waals surface area contributed by atoms with Gasteiger partial charge in [0.15, 0.2) is 5.69 Å². The number of carbonyl (C=O) groups is 1. The summed E-state index contributed by atoms with van der Waals surface area (Å²) in [5.74, 6) is -0.609. The van der Waals surface area contributed by atoms with Gasteiger partial charge in [0.25, 0.3) is 0 Å². The number of esters is 1. The number of fused-ring (bicyclic) bond motifs is 1. The zero-order valence-electron chi connectivity index (χ0n) is 11.4. The van der Waals surface area contributed by atoms with E-state index in [1.54, 1.807) is 5.38 Å². The number of amidine groups is 1. The van der Waals surface area contributed by atoms with Crippen LogP contribution in [0.5, 0.6) is 0 Å². The summed E-state index contributed by atoms with van der Waals surface area (Å²) in [7, 11) is 0. The zero-order valence-corrected chi connectivity index (χ0v) is 12.3. The Kier molecular flexibility index (Phi) is 3.80. The lowest BCUT2D eigenvalue weighted by molar-refractivity contribution is 0.0468. The summed E-state index contributed by atoms with van der Waals surface area (Å²) in [4.78, 5) is 20.3. The fourth-order valence-electron chi connectivity index (χ4n) is 1.98. The highest BCUT2D eigenvalue weighted by atomic mass is 32.1.